The van der Waals surface area contributed by atoms with Gasteiger partial charge in [0.2, 0.25) is 5.62 Å². The zero-order valence-electron chi connectivity index (χ0n) is 20.4. The molecular weight excluding hydrogens is 482 g/mol. The number of nitrogens with one attached hydrogen (secondary N) is 1. The number of fused-ring (bicyclic) bond motifs is 1. The number of imidazole rings is 1. The van der Waals surface area contributed by atoms with E-state index in [0.717, 1.165) is 22.2 Å². The quantitative estimate of drug-likeness (QED) is 0.398. The number of aryl methyl sites for hydroxylation is 1. The van der Waals surface area contributed by atoms with Crippen LogP contribution in [0.2, 0.25) is 0 Å². The number of aliphatic hydroxyl groups is 1. The zero-order valence-corrected chi connectivity index (χ0v) is 22.1. The molecule has 1 aromatic heterocycles. The first-order valence-corrected chi connectivity index (χ1v) is 11.1. The predicted octanol–water partition coefficient (Wildman–Crippen LogP) is 5.07. The molecule has 0 amide bonds. The van der Waals surface area contributed by atoms with Crippen molar-refractivity contribution in [3.8, 4) is 5.75 Å². The number of hydrogen-bond acceptors (Lipinski definition) is 4. The number of Topliss-reactive ketones (excluding diaryl/α,β-unsaturated/α-hetero) is 1. The largest absolute Gasteiger partial charge is 0.507 e. The molecule has 0 aliphatic carbocycles. The molecule has 0 spiro atoms. The maximum absolute atomic E-state index is 13.5. The van der Waals surface area contributed by atoms with Gasteiger partial charge in [-0.25, -0.2) is 0 Å². The van der Waals surface area contributed by atoms with Crippen LogP contribution in [0.3, 0.4) is 0 Å². The fourth-order valence-corrected chi connectivity index (χ4v) is 4.08. The Balaban J connectivity index is 0.00000385. The molecule has 2 aromatic carbocycles. The third kappa shape index (κ3) is 5.41. The standard InChI is InChI=1S/C26H35N3O3.BrH/c1-25(2,3)18-14-17(15-19(23(18)32)26(4,5)6)22(31)16-29-21-11-8-7-10-20(21)28(24(29)27)12-9-13-30;/h7-8,10-11,14-15,27,30,32H,9,12-13,16H2,1-6H3;1H. The van der Waals surface area contributed by atoms with Crippen LogP contribution in [-0.2, 0) is 23.9 Å². The van der Waals surface area contributed by atoms with Crippen molar-refractivity contribution in [3.05, 3.63) is 58.7 Å². The summed E-state index contributed by atoms with van der Waals surface area (Å²) in [6, 6.07) is 11.2. The van der Waals surface area contributed by atoms with E-state index in [1.807, 2.05) is 70.4 Å². The van der Waals surface area contributed by atoms with Gasteiger partial charge >= 0.3 is 0 Å². The molecule has 33 heavy (non-hydrogen) atoms. The summed E-state index contributed by atoms with van der Waals surface area (Å²) in [5, 5.41) is 28.9. The topological polar surface area (TPSA) is 91.2 Å². The van der Waals surface area contributed by atoms with Gasteiger partial charge in [0, 0.05) is 29.8 Å². The van der Waals surface area contributed by atoms with Crippen molar-refractivity contribution < 1.29 is 15.0 Å². The first kappa shape index (κ1) is 26.9. The fourth-order valence-electron chi connectivity index (χ4n) is 4.08. The summed E-state index contributed by atoms with van der Waals surface area (Å²) >= 11 is 0. The number of aliphatic hydroxyl groups excluding tert-OH is 1. The molecule has 1 heterocycles. The maximum atomic E-state index is 13.5. The average molecular weight is 518 g/mol. The Morgan fingerprint density at radius 3 is 1.88 bits per heavy atom. The van der Waals surface area contributed by atoms with Crippen molar-refractivity contribution >= 4 is 33.8 Å². The van der Waals surface area contributed by atoms with Gasteiger partial charge in [0.05, 0.1) is 17.6 Å². The number of benzene rings is 2. The lowest BCUT2D eigenvalue weighted by Gasteiger charge is -2.28. The van der Waals surface area contributed by atoms with Crippen LogP contribution >= 0.6 is 17.0 Å². The van der Waals surface area contributed by atoms with Crippen LogP contribution in [0.15, 0.2) is 36.4 Å². The summed E-state index contributed by atoms with van der Waals surface area (Å²) in [6.07, 6.45) is 0.542. The molecule has 0 saturated heterocycles. The second kappa shape index (κ2) is 9.85. The van der Waals surface area contributed by atoms with Crippen molar-refractivity contribution in [1.29, 1.82) is 5.41 Å². The van der Waals surface area contributed by atoms with Gasteiger partial charge < -0.3 is 19.3 Å². The Kier molecular flexibility index (Phi) is 8.02. The molecule has 0 unspecified atom stereocenters. The maximum Gasteiger partial charge on any atom is 0.203 e. The highest BCUT2D eigenvalue weighted by atomic mass is 79.9. The first-order valence-electron chi connectivity index (χ1n) is 11.1. The van der Waals surface area contributed by atoms with Crippen LogP contribution in [0.4, 0.5) is 0 Å². The number of para-hydroxylation sites is 2. The zero-order chi connectivity index (χ0) is 23.8. The third-order valence-corrected chi connectivity index (χ3v) is 5.86. The molecule has 0 aliphatic heterocycles. The van der Waals surface area contributed by atoms with Crippen LogP contribution in [0.5, 0.6) is 5.75 Å². The molecule has 7 heteroatoms. The number of aromatic nitrogens is 2. The lowest BCUT2D eigenvalue weighted by molar-refractivity contribution is 0.0971. The minimum Gasteiger partial charge on any atom is -0.507 e. The molecule has 3 aromatic rings. The molecule has 3 rings (SSSR count). The van der Waals surface area contributed by atoms with Crippen LogP contribution < -0.4 is 5.62 Å². The number of phenolic OH excluding ortho intramolecular Hbond substituents is 1. The Bertz CT molecular complexity index is 1180. The number of carbonyl (C=O) groups excluding carboxylic acids is 1. The van der Waals surface area contributed by atoms with Gasteiger partial charge in [-0.1, -0.05) is 53.7 Å². The van der Waals surface area contributed by atoms with Gasteiger partial charge in [0.25, 0.3) is 0 Å². The minimum atomic E-state index is -0.325. The van der Waals surface area contributed by atoms with Crippen LogP contribution in [0.25, 0.3) is 11.0 Å². The van der Waals surface area contributed by atoms with Crippen molar-refractivity contribution in [1.82, 2.24) is 9.13 Å². The first-order chi connectivity index (χ1) is 14.9. The number of halogens is 1. The Hall–Kier alpha value is -2.38. The van der Waals surface area contributed by atoms with Crippen molar-refractivity contribution in [2.45, 2.75) is 71.9 Å². The van der Waals surface area contributed by atoms with Crippen LogP contribution in [-0.4, -0.2) is 31.7 Å². The molecule has 6 nitrogen and oxygen atoms in total. The highest BCUT2D eigenvalue weighted by molar-refractivity contribution is 8.93. The van der Waals surface area contributed by atoms with Gasteiger partial charge in [-0.3, -0.25) is 10.2 Å². The van der Waals surface area contributed by atoms with Crippen molar-refractivity contribution in [2.24, 2.45) is 0 Å². The molecular formula is C26H36BrN3O3. The van der Waals surface area contributed by atoms with E-state index in [0.29, 0.717) is 18.5 Å². The summed E-state index contributed by atoms with van der Waals surface area (Å²) in [5.74, 6) is 0.139. The SMILES string of the molecule is Br.CC(C)(C)c1cc(C(=O)Cn2c(=N)n(CCCO)c3ccccc32)cc(C(C)(C)C)c1O. The number of nitrogens with zero attached hydrogens (tertiary/aromatic N) is 2. The minimum absolute atomic E-state index is 0. The van der Waals surface area contributed by atoms with Crippen molar-refractivity contribution in [3.63, 3.8) is 0 Å². The average Bonchev–Trinajstić information content (AvgIpc) is 2.96. The summed E-state index contributed by atoms with van der Waals surface area (Å²) < 4.78 is 3.55. The third-order valence-electron chi connectivity index (χ3n) is 5.86. The predicted molar refractivity (Wildman–Crippen MR) is 138 cm³/mol. The fraction of sp³-hybridized carbons (Fsp3) is 0.462. The summed E-state index contributed by atoms with van der Waals surface area (Å²) in [4.78, 5) is 13.5. The molecule has 0 aliphatic rings. The second-order valence-corrected chi connectivity index (χ2v) is 10.5. The van der Waals surface area contributed by atoms with E-state index in [9.17, 15) is 15.0 Å². The van der Waals surface area contributed by atoms with E-state index in [1.54, 1.807) is 16.7 Å². The van der Waals surface area contributed by atoms with E-state index in [-0.39, 0.29) is 58.1 Å². The van der Waals surface area contributed by atoms with E-state index < -0.39 is 0 Å². The van der Waals surface area contributed by atoms with Gasteiger partial charge in [0.15, 0.2) is 5.78 Å². The van der Waals surface area contributed by atoms with E-state index in [4.69, 9.17) is 5.41 Å². The Labute approximate surface area is 206 Å². The molecule has 3 N–H and O–H groups in total. The van der Waals surface area contributed by atoms with E-state index in [1.165, 1.54) is 0 Å². The Morgan fingerprint density at radius 2 is 1.42 bits per heavy atom. The van der Waals surface area contributed by atoms with Crippen LogP contribution in [0.1, 0.15) is 69.4 Å². The lowest BCUT2D eigenvalue weighted by atomic mass is 9.78. The summed E-state index contributed by atoms with van der Waals surface area (Å²) in [6.45, 7) is 12.7. The normalized spacial score (nSPS) is 12.1. The molecule has 0 atom stereocenters. The smallest absolute Gasteiger partial charge is 0.203 e. The van der Waals surface area contributed by atoms with Crippen molar-refractivity contribution in [2.75, 3.05) is 6.61 Å². The number of aromatic hydroxyl groups is 1. The summed E-state index contributed by atoms with van der Waals surface area (Å²) in [5.41, 5.74) is 3.30. The van der Waals surface area contributed by atoms with Gasteiger partial charge in [-0.15, -0.1) is 17.0 Å². The van der Waals surface area contributed by atoms with Gasteiger partial charge in [-0.2, -0.15) is 0 Å². The molecule has 0 fully saturated rings. The lowest BCUT2D eigenvalue weighted by Crippen LogP contribution is -2.28. The molecule has 0 bridgehead atoms. The van der Waals surface area contributed by atoms with Gasteiger partial charge in [0.1, 0.15) is 5.75 Å². The second-order valence-electron chi connectivity index (χ2n) is 10.5. The number of carbonyl (C=O) groups is 1. The van der Waals surface area contributed by atoms with E-state index in [2.05, 4.69) is 0 Å². The van der Waals surface area contributed by atoms with Gasteiger partial charge in [-0.05, 0) is 41.5 Å². The molecule has 0 radical (unpaired) electrons. The monoisotopic (exact) mass is 517 g/mol. The number of rotatable bonds is 6. The van der Waals surface area contributed by atoms with Crippen LogP contribution in [0, 0.1) is 5.41 Å². The number of ketones is 1. The molecule has 180 valence electrons. The molecule has 0 saturated carbocycles. The van der Waals surface area contributed by atoms with E-state index >= 15 is 0 Å². The summed E-state index contributed by atoms with van der Waals surface area (Å²) in [7, 11) is 0. The Morgan fingerprint density at radius 1 is 0.939 bits per heavy atom. The highest BCUT2D eigenvalue weighted by Crippen LogP contribution is 2.40. The number of phenols is 1. The highest BCUT2D eigenvalue weighted by Gasteiger charge is 2.28. The number of hydrogen-bond donors (Lipinski definition) is 3.